The van der Waals surface area contributed by atoms with Crippen LogP contribution in [0.1, 0.15) is 55.0 Å². The van der Waals surface area contributed by atoms with Crippen molar-refractivity contribution in [3.05, 3.63) is 109 Å². The zero-order valence-electron chi connectivity index (χ0n) is 25.3. The number of ether oxygens (including phenoxy) is 3. The van der Waals surface area contributed by atoms with E-state index in [0.29, 0.717) is 59.5 Å². The molecule has 238 valence electrons. The van der Waals surface area contributed by atoms with E-state index in [1.807, 2.05) is 38.1 Å². The number of hydrogen-bond acceptors (Lipinski definition) is 7. The molecule has 2 N–H and O–H groups in total. The van der Waals surface area contributed by atoms with E-state index in [2.05, 4.69) is 15.3 Å². The van der Waals surface area contributed by atoms with Crippen LogP contribution in [-0.2, 0) is 27.2 Å². The van der Waals surface area contributed by atoms with E-state index < -0.39 is 11.6 Å². The number of aliphatic hydroxyl groups is 1. The van der Waals surface area contributed by atoms with Crippen molar-refractivity contribution in [2.24, 2.45) is 10.1 Å². The molecule has 1 aliphatic rings. The van der Waals surface area contributed by atoms with Crippen molar-refractivity contribution in [2.45, 2.75) is 57.4 Å². The fourth-order valence-electron chi connectivity index (χ4n) is 5.00. The molecule has 3 aromatic rings. The van der Waals surface area contributed by atoms with Gasteiger partial charge in [0.2, 0.25) is 5.90 Å². The number of aliphatic imine (C=N–C) groups is 1. The van der Waals surface area contributed by atoms with Gasteiger partial charge >= 0.3 is 0 Å². The second-order valence-corrected chi connectivity index (χ2v) is 11.7. The van der Waals surface area contributed by atoms with Gasteiger partial charge in [-0.25, -0.2) is 4.99 Å². The quantitative estimate of drug-likeness (QED) is 0.0742. The predicted molar refractivity (Wildman–Crippen MR) is 175 cm³/mol. The number of hydrogen-bond donors (Lipinski definition) is 2. The van der Waals surface area contributed by atoms with Crippen molar-refractivity contribution >= 4 is 35.0 Å². The Hall–Kier alpha value is -3.79. The van der Waals surface area contributed by atoms with Gasteiger partial charge in [-0.1, -0.05) is 58.6 Å². The minimum atomic E-state index is -1.49. The first-order valence-electron chi connectivity index (χ1n) is 14.8. The first-order valence-corrected chi connectivity index (χ1v) is 15.6. The van der Waals surface area contributed by atoms with Crippen molar-refractivity contribution in [1.29, 1.82) is 0 Å². The molecule has 45 heavy (non-hydrogen) atoms. The van der Waals surface area contributed by atoms with Crippen molar-refractivity contribution in [3.8, 4) is 5.75 Å². The van der Waals surface area contributed by atoms with Gasteiger partial charge in [-0.2, -0.15) is 0 Å². The van der Waals surface area contributed by atoms with Gasteiger partial charge in [0, 0.05) is 58.7 Å². The van der Waals surface area contributed by atoms with Crippen LogP contribution in [0.25, 0.3) is 10.4 Å². The summed E-state index contributed by atoms with van der Waals surface area (Å²) in [5, 5.41) is 16.7. The number of benzene rings is 3. The fraction of sp³-hybridized carbons (Fsp3) is 0.394. The number of halogens is 2. The summed E-state index contributed by atoms with van der Waals surface area (Å²) in [7, 11) is 0. The van der Waals surface area contributed by atoms with Gasteiger partial charge < -0.3 is 24.6 Å². The second-order valence-electron chi connectivity index (χ2n) is 10.8. The van der Waals surface area contributed by atoms with E-state index in [9.17, 15) is 4.79 Å². The maximum atomic E-state index is 14.4. The van der Waals surface area contributed by atoms with Crippen molar-refractivity contribution < 1.29 is 24.1 Å². The molecule has 1 amide bonds. The molecule has 3 aromatic carbocycles. The zero-order valence-corrected chi connectivity index (χ0v) is 26.8. The van der Waals surface area contributed by atoms with Crippen LogP contribution < -0.4 is 10.1 Å². The lowest BCUT2D eigenvalue weighted by Gasteiger charge is -2.32. The maximum Gasteiger partial charge on any atom is 0.252 e. The minimum Gasteiger partial charge on any atom is -0.494 e. The number of carbonyl (C=O) groups is 1. The second kappa shape index (κ2) is 16.5. The van der Waals surface area contributed by atoms with Crippen LogP contribution in [0.15, 0.2) is 76.8 Å². The summed E-state index contributed by atoms with van der Waals surface area (Å²) in [5.74, 6) is 0.544. The molecule has 0 saturated carbocycles. The van der Waals surface area contributed by atoms with Crippen molar-refractivity contribution in [2.75, 3.05) is 26.4 Å². The number of carbonyl (C=O) groups excluding carboxylic acids is 1. The average Bonchev–Trinajstić information content (AvgIpc) is 3.40. The summed E-state index contributed by atoms with van der Waals surface area (Å²) >= 11 is 13.0. The van der Waals surface area contributed by atoms with E-state index in [0.717, 1.165) is 11.1 Å². The Balaban J connectivity index is 1.79. The number of nitrogens with zero attached hydrogens (tertiary/aromatic N) is 4. The van der Waals surface area contributed by atoms with Crippen LogP contribution in [0, 0.1) is 0 Å². The van der Waals surface area contributed by atoms with E-state index >= 15 is 0 Å². The van der Waals surface area contributed by atoms with Crippen LogP contribution in [0.5, 0.6) is 5.75 Å². The Kier molecular flexibility index (Phi) is 12.5. The lowest BCUT2D eigenvalue weighted by Crippen LogP contribution is -2.50. The third-order valence-corrected chi connectivity index (χ3v) is 7.78. The highest BCUT2D eigenvalue weighted by Crippen LogP contribution is 2.45. The highest BCUT2D eigenvalue weighted by Gasteiger charge is 2.54. The van der Waals surface area contributed by atoms with Gasteiger partial charge in [-0.3, -0.25) is 4.79 Å². The number of azide groups is 1. The van der Waals surface area contributed by atoms with Gasteiger partial charge in [0.1, 0.15) is 5.75 Å². The molecule has 0 saturated heterocycles. The number of rotatable bonds is 16. The molecular formula is C33H37Cl2N5O5. The molecule has 12 heteroatoms. The molecule has 0 bridgehead atoms. The summed E-state index contributed by atoms with van der Waals surface area (Å²) in [6.07, 6.45) is 0.418. The molecule has 0 unspecified atom stereocenters. The lowest BCUT2D eigenvalue weighted by atomic mass is 9.80. The van der Waals surface area contributed by atoms with Crippen LogP contribution in [0.4, 0.5) is 0 Å². The molecular weight excluding hydrogens is 617 g/mol. The zero-order chi connectivity index (χ0) is 32.2. The largest absolute Gasteiger partial charge is 0.494 e. The van der Waals surface area contributed by atoms with Crippen LogP contribution >= 0.6 is 23.2 Å². The summed E-state index contributed by atoms with van der Waals surface area (Å²) in [6.45, 7) is 5.30. The topological polar surface area (TPSA) is 138 Å². The Bertz CT molecular complexity index is 1530. The van der Waals surface area contributed by atoms with E-state index in [-0.39, 0.29) is 37.5 Å². The lowest BCUT2D eigenvalue weighted by molar-refractivity contribution is -0.129. The standard InChI is InChI=1S/C33H37Cl2N5O5/c1-22(2)43-17-5-15-37-32(42)33(20-24-7-3-4-8-25(24)21-38-40-36)30(28-14-11-26(34)19-29(28)35)45-31(39-33)23-9-12-27(13-10-23)44-18-6-16-41/h3-4,7-14,19,22,30,41H,5-6,15-18,20-21H2,1-2H3,(H,37,42)/t30-,33-/m1/s1. The number of nitrogens with one attached hydrogen (secondary N) is 1. The van der Waals surface area contributed by atoms with Gasteiger partial charge in [-0.05, 0) is 73.3 Å². The molecule has 0 radical (unpaired) electrons. The molecule has 0 aliphatic carbocycles. The van der Waals surface area contributed by atoms with Crippen LogP contribution in [0.2, 0.25) is 10.0 Å². The molecule has 0 spiro atoms. The van der Waals surface area contributed by atoms with E-state index in [1.54, 1.807) is 42.5 Å². The fourth-order valence-corrected chi connectivity index (χ4v) is 5.51. The third-order valence-electron chi connectivity index (χ3n) is 7.22. The summed E-state index contributed by atoms with van der Waals surface area (Å²) in [6, 6.07) is 19.7. The molecule has 1 aliphatic heterocycles. The Morgan fingerprint density at radius 3 is 2.56 bits per heavy atom. The highest BCUT2D eigenvalue weighted by atomic mass is 35.5. The first-order chi connectivity index (χ1) is 21.8. The molecule has 1 heterocycles. The van der Waals surface area contributed by atoms with Gasteiger partial charge in [0.15, 0.2) is 11.6 Å². The SMILES string of the molecule is CC(C)OCCCNC(=O)[C@]1(Cc2ccccc2CN=[N+]=[N-])N=C(c2ccc(OCCCO)cc2)O[C@@H]1c1ccc(Cl)cc1Cl. The van der Waals surface area contributed by atoms with E-state index in [4.69, 9.17) is 53.0 Å². The summed E-state index contributed by atoms with van der Waals surface area (Å²) < 4.78 is 17.9. The Morgan fingerprint density at radius 1 is 1.11 bits per heavy atom. The van der Waals surface area contributed by atoms with Crippen LogP contribution in [0.3, 0.4) is 0 Å². The molecule has 0 aromatic heterocycles. The maximum absolute atomic E-state index is 14.4. The smallest absolute Gasteiger partial charge is 0.252 e. The monoisotopic (exact) mass is 653 g/mol. The van der Waals surface area contributed by atoms with Gasteiger partial charge in [0.05, 0.1) is 19.3 Å². The normalized spacial score (nSPS) is 17.4. The molecule has 2 atom stereocenters. The van der Waals surface area contributed by atoms with Crippen molar-refractivity contribution in [3.63, 3.8) is 0 Å². The van der Waals surface area contributed by atoms with Gasteiger partial charge in [-0.15, -0.1) is 0 Å². The van der Waals surface area contributed by atoms with Crippen LogP contribution in [-0.4, -0.2) is 54.9 Å². The average molecular weight is 655 g/mol. The first kappa shape index (κ1) is 34.1. The van der Waals surface area contributed by atoms with Crippen molar-refractivity contribution in [1.82, 2.24) is 5.32 Å². The molecule has 0 fully saturated rings. The summed E-state index contributed by atoms with van der Waals surface area (Å²) in [5.41, 5.74) is 10.2. The summed E-state index contributed by atoms with van der Waals surface area (Å²) in [4.78, 5) is 22.4. The highest BCUT2D eigenvalue weighted by molar-refractivity contribution is 6.35. The minimum absolute atomic E-state index is 0.0399. The Morgan fingerprint density at radius 2 is 1.87 bits per heavy atom. The van der Waals surface area contributed by atoms with E-state index in [1.165, 1.54) is 0 Å². The third kappa shape index (κ3) is 8.90. The predicted octanol–water partition coefficient (Wildman–Crippen LogP) is 7.00. The number of amides is 1. The molecule has 4 rings (SSSR count). The Labute approximate surface area is 272 Å². The molecule has 10 nitrogen and oxygen atoms in total. The number of aliphatic hydroxyl groups excluding tert-OH is 1. The van der Waals surface area contributed by atoms with Gasteiger partial charge in [0.25, 0.3) is 5.91 Å².